The molecule has 1 aliphatic heterocycles. The molecule has 0 amide bonds. The molecule has 1 fully saturated rings. The topological polar surface area (TPSA) is 56.1 Å². The van der Waals surface area contributed by atoms with Gasteiger partial charge in [0, 0.05) is 32.7 Å². The smallest absolute Gasteiger partial charge is 0.147 e. The van der Waals surface area contributed by atoms with Crippen LogP contribution in [0.3, 0.4) is 0 Å². The van der Waals surface area contributed by atoms with Crippen LogP contribution < -0.4 is 4.90 Å². The van der Waals surface area contributed by atoms with E-state index in [2.05, 4.69) is 20.0 Å². The van der Waals surface area contributed by atoms with Crippen molar-refractivity contribution in [2.45, 2.75) is 5.60 Å². The molecular weight excluding hydrogens is 230 g/mol. The standard InChI is InChI=1S/C12H15N5O/c1-16-10(3-4-15-16)12(18-2)8-17(9-12)11-7-13-5-6-14-11/h3-7H,8-9H2,1-2H3. The highest BCUT2D eigenvalue weighted by Crippen LogP contribution is 2.36. The number of ether oxygens (including phenoxy) is 1. The van der Waals surface area contributed by atoms with Gasteiger partial charge in [-0.3, -0.25) is 9.67 Å². The third-order valence-corrected chi connectivity index (χ3v) is 3.44. The quantitative estimate of drug-likeness (QED) is 0.791. The molecule has 6 heteroatoms. The molecule has 0 spiro atoms. The predicted octanol–water partition coefficient (Wildman–Crippen LogP) is 0.572. The third kappa shape index (κ3) is 1.57. The van der Waals surface area contributed by atoms with Crippen molar-refractivity contribution in [3.05, 3.63) is 36.5 Å². The van der Waals surface area contributed by atoms with Crippen LogP contribution in [0.1, 0.15) is 5.69 Å². The van der Waals surface area contributed by atoms with Gasteiger partial charge in [-0.15, -0.1) is 0 Å². The Morgan fingerprint density at radius 2 is 2.11 bits per heavy atom. The van der Waals surface area contributed by atoms with Crippen molar-refractivity contribution < 1.29 is 4.74 Å². The zero-order valence-corrected chi connectivity index (χ0v) is 10.4. The monoisotopic (exact) mass is 245 g/mol. The van der Waals surface area contributed by atoms with Gasteiger partial charge in [0.15, 0.2) is 0 Å². The number of nitrogens with zero attached hydrogens (tertiary/aromatic N) is 5. The van der Waals surface area contributed by atoms with Crippen LogP contribution in [-0.4, -0.2) is 39.9 Å². The number of aromatic nitrogens is 4. The first kappa shape index (κ1) is 11.2. The number of anilines is 1. The molecule has 0 saturated carbocycles. The lowest BCUT2D eigenvalue weighted by Crippen LogP contribution is -2.61. The highest BCUT2D eigenvalue weighted by molar-refractivity contribution is 5.43. The molecule has 0 N–H and O–H groups in total. The van der Waals surface area contributed by atoms with Crippen LogP contribution in [0, 0.1) is 0 Å². The van der Waals surface area contributed by atoms with E-state index in [1.54, 1.807) is 31.9 Å². The summed E-state index contributed by atoms with van der Waals surface area (Å²) in [6.07, 6.45) is 6.93. The fourth-order valence-electron chi connectivity index (χ4n) is 2.40. The Morgan fingerprint density at radius 3 is 2.67 bits per heavy atom. The summed E-state index contributed by atoms with van der Waals surface area (Å²) in [6.45, 7) is 1.53. The Morgan fingerprint density at radius 1 is 1.28 bits per heavy atom. The molecule has 0 aliphatic carbocycles. The third-order valence-electron chi connectivity index (χ3n) is 3.44. The minimum atomic E-state index is -0.289. The van der Waals surface area contributed by atoms with Crippen molar-refractivity contribution in [3.8, 4) is 0 Å². The van der Waals surface area contributed by atoms with Crippen LogP contribution in [0.5, 0.6) is 0 Å². The van der Waals surface area contributed by atoms with E-state index in [0.29, 0.717) is 0 Å². The van der Waals surface area contributed by atoms with Gasteiger partial charge in [0.25, 0.3) is 0 Å². The second kappa shape index (κ2) is 4.06. The largest absolute Gasteiger partial charge is 0.368 e. The van der Waals surface area contributed by atoms with E-state index in [9.17, 15) is 0 Å². The Labute approximate surface area is 105 Å². The number of aryl methyl sites for hydroxylation is 1. The van der Waals surface area contributed by atoms with Crippen molar-refractivity contribution in [2.75, 3.05) is 25.1 Å². The average molecular weight is 245 g/mol. The lowest BCUT2D eigenvalue weighted by atomic mass is 9.90. The zero-order valence-electron chi connectivity index (χ0n) is 10.4. The Bertz CT molecular complexity index is 532. The molecule has 3 heterocycles. The first-order chi connectivity index (χ1) is 8.75. The number of rotatable bonds is 3. The van der Waals surface area contributed by atoms with Crippen LogP contribution in [0.15, 0.2) is 30.9 Å². The summed E-state index contributed by atoms with van der Waals surface area (Å²) in [5, 5.41) is 4.20. The zero-order chi connectivity index (χ0) is 12.6. The van der Waals surface area contributed by atoms with Gasteiger partial charge >= 0.3 is 0 Å². The van der Waals surface area contributed by atoms with E-state index in [0.717, 1.165) is 24.6 Å². The van der Waals surface area contributed by atoms with Crippen LogP contribution in [0.25, 0.3) is 0 Å². The van der Waals surface area contributed by atoms with Gasteiger partial charge in [-0.25, -0.2) is 4.98 Å². The van der Waals surface area contributed by atoms with Gasteiger partial charge < -0.3 is 9.64 Å². The van der Waals surface area contributed by atoms with Gasteiger partial charge in [0.1, 0.15) is 11.4 Å². The molecule has 0 radical (unpaired) electrons. The molecule has 2 aromatic heterocycles. The normalized spacial score (nSPS) is 17.6. The molecule has 0 atom stereocenters. The first-order valence-electron chi connectivity index (χ1n) is 5.80. The van der Waals surface area contributed by atoms with Gasteiger partial charge in [0.2, 0.25) is 0 Å². The maximum Gasteiger partial charge on any atom is 0.147 e. The van der Waals surface area contributed by atoms with E-state index >= 15 is 0 Å². The van der Waals surface area contributed by atoms with Crippen molar-refractivity contribution in [2.24, 2.45) is 7.05 Å². The molecule has 1 aliphatic rings. The average Bonchev–Trinajstić information content (AvgIpc) is 2.77. The van der Waals surface area contributed by atoms with Crippen molar-refractivity contribution >= 4 is 5.82 Å². The van der Waals surface area contributed by atoms with Crippen molar-refractivity contribution in [3.63, 3.8) is 0 Å². The van der Waals surface area contributed by atoms with Crippen molar-refractivity contribution in [1.29, 1.82) is 0 Å². The molecule has 1 saturated heterocycles. The highest BCUT2D eigenvalue weighted by atomic mass is 16.5. The maximum atomic E-state index is 5.70. The van der Waals surface area contributed by atoms with Gasteiger partial charge in [-0.1, -0.05) is 0 Å². The first-order valence-corrected chi connectivity index (χ1v) is 5.80. The Balaban J connectivity index is 1.82. The Kier molecular flexibility index (Phi) is 2.52. The highest BCUT2D eigenvalue weighted by Gasteiger charge is 2.47. The van der Waals surface area contributed by atoms with Gasteiger partial charge in [-0.2, -0.15) is 5.10 Å². The summed E-state index contributed by atoms with van der Waals surface area (Å²) in [6, 6.07) is 2.00. The van der Waals surface area contributed by atoms with Gasteiger partial charge in [-0.05, 0) is 6.07 Å². The summed E-state index contributed by atoms with van der Waals surface area (Å²) in [7, 11) is 3.67. The summed E-state index contributed by atoms with van der Waals surface area (Å²) in [5.41, 5.74) is 0.799. The lowest BCUT2D eigenvalue weighted by molar-refractivity contribution is -0.0448. The van der Waals surface area contributed by atoms with Crippen LogP contribution in [-0.2, 0) is 17.4 Å². The molecule has 3 rings (SSSR count). The Hall–Kier alpha value is -1.95. The molecule has 94 valence electrons. The van der Waals surface area contributed by atoms with E-state index in [4.69, 9.17) is 4.74 Å². The summed E-state index contributed by atoms with van der Waals surface area (Å²) < 4.78 is 7.56. The molecule has 0 bridgehead atoms. The SMILES string of the molecule is COC1(c2ccnn2C)CN(c2cnccn2)C1. The van der Waals surface area contributed by atoms with Crippen molar-refractivity contribution in [1.82, 2.24) is 19.7 Å². The summed E-state index contributed by atoms with van der Waals surface area (Å²) in [5.74, 6) is 0.882. The van der Waals surface area contributed by atoms with Gasteiger partial charge in [0.05, 0.1) is 25.0 Å². The molecular formula is C12H15N5O. The predicted molar refractivity (Wildman–Crippen MR) is 66.1 cm³/mol. The molecule has 0 unspecified atom stereocenters. The van der Waals surface area contributed by atoms with E-state index in [-0.39, 0.29) is 5.60 Å². The minimum Gasteiger partial charge on any atom is -0.368 e. The number of hydrogen-bond acceptors (Lipinski definition) is 5. The van der Waals surface area contributed by atoms with Crippen LogP contribution in [0.2, 0.25) is 0 Å². The molecule has 6 nitrogen and oxygen atoms in total. The van der Waals surface area contributed by atoms with E-state index in [1.807, 2.05) is 17.8 Å². The summed E-state index contributed by atoms with van der Waals surface area (Å²) in [4.78, 5) is 10.5. The van der Waals surface area contributed by atoms with Crippen LogP contribution in [0.4, 0.5) is 5.82 Å². The molecule has 2 aromatic rings. The number of methoxy groups -OCH3 is 1. The van der Waals surface area contributed by atoms with E-state index in [1.165, 1.54) is 0 Å². The molecule has 18 heavy (non-hydrogen) atoms. The second-order valence-electron chi connectivity index (χ2n) is 4.46. The van der Waals surface area contributed by atoms with E-state index < -0.39 is 0 Å². The summed E-state index contributed by atoms with van der Waals surface area (Å²) >= 11 is 0. The second-order valence-corrected chi connectivity index (χ2v) is 4.46. The number of hydrogen-bond donors (Lipinski definition) is 0. The van der Waals surface area contributed by atoms with Crippen LogP contribution >= 0.6 is 0 Å². The maximum absolute atomic E-state index is 5.70. The fraction of sp³-hybridized carbons (Fsp3) is 0.417. The minimum absolute atomic E-state index is 0.289. The molecule has 0 aromatic carbocycles. The lowest BCUT2D eigenvalue weighted by Gasteiger charge is -2.49. The fourth-order valence-corrected chi connectivity index (χ4v) is 2.40.